The van der Waals surface area contributed by atoms with Crippen molar-refractivity contribution in [1.29, 1.82) is 0 Å². The van der Waals surface area contributed by atoms with Crippen molar-refractivity contribution in [3.63, 3.8) is 0 Å². The number of amides is 2. The third-order valence-electron chi connectivity index (χ3n) is 8.29. The monoisotopic (exact) mass is 497 g/mol. The van der Waals surface area contributed by atoms with E-state index in [-0.39, 0.29) is 11.8 Å². The number of nitrogens with zero attached hydrogens (tertiary/aromatic N) is 3. The first-order chi connectivity index (χ1) is 18.1. The van der Waals surface area contributed by atoms with Crippen LogP contribution in [0, 0.1) is 11.8 Å². The van der Waals surface area contributed by atoms with E-state index in [1.54, 1.807) is 6.26 Å². The number of rotatable bonds is 3. The van der Waals surface area contributed by atoms with Gasteiger partial charge in [0.05, 0.1) is 23.0 Å². The van der Waals surface area contributed by atoms with E-state index in [9.17, 15) is 9.59 Å². The first-order valence-electron chi connectivity index (χ1n) is 13.8. The molecule has 1 unspecified atom stereocenters. The summed E-state index contributed by atoms with van der Waals surface area (Å²) in [6.45, 7) is 5.26. The van der Waals surface area contributed by atoms with E-state index in [1.165, 1.54) is 6.42 Å². The molecule has 6 nitrogen and oxygen atoms in total. The summed E-state index contributed by atoms with van der Waals surface area (Å²) in [5.41, 5.74) is 4.73. The number of piperidine rings is 2. The van der Waals surface area contributed by atoms with E-state index >= 15 is 0 Å². The number of carbonyl (C=O) groups excluding carboxylic acids is 2. The Morgan fingerprint density at radius 3 is 2.49 bits per heavy atom. The molecule has 37 heavy (non-hydrogen) atoms. The molecule has 6 rings (SSSR count). The van der Waals surface area contributed by atoms with E-state index in [4.69, 9.17) is 9.40 Å². The van der Waals surface area contributed by atoms with Crippen molar-refractivity contribution in [2.75, 3.05) is 26.2 Å². The Labute approximate surface area is 218 Å². The molecule has 2 aromatic heterocycles. The third kappa shape index (κ3) is 4.70. The molecule has 3 aromatic rings. The largest absolute Gasteiger partial charge is 0.465 e. The topological polar surface area (TPSA) is 66.7 Å². The highest BCUT2D eigenvalue weighted by atomic mass is 16.3. The number of allylic oxidation sites excluding steroid dienone is 1. The molecule has 192 valence electrons. The van der Waals surface area contributed by atoms with Crippen LogP contribution in [0.4, 0.5) is 0 Å². The summed E-state index contributed by atoms with van der Waals surface area (Å²) in [4.78, 5) is 36.3. The molecule has 6 heteroatoms. The van der Waals surface area contributed by atoms with Crippen LogP contribution in [0.25, 0.3) is 22.6 Å². The minimum Gasteiger partial charge on any atom is -0.465 e. The normalized spacial score (nSPS) is 21.9. The average Bonchev–Trinajstić information content (AvgIpc) is 3.45. The molecule has 4 heterocycles. The number of hydrogen-bond donors (Lipinski definition) is 0. The van der Waals surface area contributed by atoms with Gasteiger partial charge in [0.1, 0.15) is 5.76 Å². The van der Waals surface area contributed by atoms with E-state index in [2.05, 4.69) is 13.0 Å². The second kappa shape index (κ2) is 10.2. The maximum atomic E-state index is 14.2. The number of likely N-dealkylation sites (tertiary alicyclic amines) is 2. The molecule has 0 N–H and O–H groups in total. The zero-order chi connectivity index (χ0) is 25.4. The van der Waals surface area contributed by atoms with Crippen LogP contribution in [0.1, 0.15) is 72.8 Å². The van der Waals surface area contributed by atoms with Crippen molar-refractivity contribution >= 4 is 34.4 Å². The molecular formula is C31H35N3O3. The van der Waals surface area contributed by atoms with Crippen molar-refractivity contribution in [1.82, 2.24) is 14.8 Å². The standard InChI is InChI=1S/C31H35N3O3/c1-21-18-23(20-24-8-7-17-37-24)29-26(19-21)28(25-9-3-4-10-27(25)32-29)31(36)34-15-11-22(12-16-34)30(35)33-13-5-2-6-14-33/h3-4,7-10,17,20-22H,2,5-6,11-16,18-19H2,1H3/b23-20+. The fourth-order valence-electron chi connectivity index (χ4n) is 6.39. The quantitative estimate of drug-likeness (QED) is 0.458. The van der Waals surface area contributed by atoms with Gasteiger partial charge in [0.15, 0.2) is 0 Å². The summed E-state index contributed by atoms with van der Waals surface area (Å²) in [7, 11) is 0. The number of para-hydroxylation sites is 1. The Balaban J connectivity index is 1.32. The second-order valence-electron chi connectivity index (χ2n) is 11.0. The fraction of sp³-hybridized carbons (Fsp3) is 0.452. The summed E-state index contributed by atoms with van der Waals surface area (Å²) in [6, 6.07) is 11.8. The number of carbonyl (C=O) groups is 2. The lowest BCUT2D eigenvalue weighted by atomic mass is 9.80. The van der Waals surface area contributed by atoms with Crippen molar-refractivity contribution < 1.29 is 14.0 Å². The molecule has 2 aliphatic heterocycles. The molecule has 0 bridgehead atoms. The maximum absolute atomic E-state index is 14.2. The maximum Gasteiger partial charge on any atom is 0.254 e. The van der Waals surface area contributed by atoms with Crippen LogP contribution >= 0.6 is 0 Å². The molecule has 0 spiro atoms. The summed E-state index contributed by atoms with van der Waals surface area (Å²) in [5, 5.41) is 0.921. The lowest BCUT2D eigenvalue weighted by Crippen LogP contribution is -2.46. The molecule has 1 atom stereocenters. The third-order valence-corrected chi connectivity index (χ3v) is 8.29. The highest BCUT2D eigenvalue weighted by Crippen LogP contribution is 2.39. The van der Waals surface area contributed by atoms with Gasteiger partial charge in [-0.1, -0.05) is 25.1 Å². The summed E-state index contributed by atoms with van der Waals surface area (Å²) in [6.07, 6.45) is 10.4. The van der Waals surface area contributed by atoms with Gasteiger partial charge in [0.2, 0.25) is 5.91 Å². The number of pyridine rings is 1. The van der Waals surface area contributed by atoms with Gasteiger partial charge in [-0.2, -0.15) is 0 Å². The average molecular weight is 498 g/mol. The number of benzene rings is 1. The molecule has 1 aromatic carbocycles. The van der Waals surface area contributed by atoms with Crippen molar-refractivity contribution in [2.24, 2.45) is 11.8 Å². The first-order valence-corrected chi connectivity index (χ1v) is 13.8. The van der Waals surface area contributed by atoms with Crippen LogP contribution in [0.3, 0.4) is 0 Å². The van der Waals surface area contributed by atoms with Gasteiger partial charge < -0.3 is 14.2 Å². The second-order valence-corrected chi connectivity index (χ2v) is 11.0. The Morgan fingerprint density at radius 1 is 0.946 bits per heavy atom. The van der Waals surface area contributed by atoms with Crippen LogP contribution in [0.2, 0.25) is 0 Å². The zero-order valence-corrected chi connectivity index (χ0v) is 21.6. The van der Waals surface area contributed by atoms with Gasteiger partial charge >= 0.3 is 0 Å². The van der Waals surface area contributed by atoms with Crippen molar-refractivity contribution in [3.05, 3.63) is 65.2 Å². The van der Waals surface area contributed by atoms with E-state index < -0.39 is 0 Å². The summed E-state index contributed by atoms with van der Waals surface area (Å²) in [5.74, 6) is 1.60. The highest BCUT2D eigenvalue weighted by molar-refractivity contribution is 6.09. The van der Waals surface area contributed by atoms with Gasteiger partial charge in [-0.05, 0) is 86.3 Å². The van der Waals surface area contributed by atoms with Gasteiger partial charge in [-0.3, -0.25) is 9.59 Å². The lowest BCUT2D eigenvalue weighted by Gasteiger charge is -2.36. The van der Waals surface area contributed by atoms with Crippen molar-refractivity contribution in [3.8, 4) is 0 Å². The Hall–Kier alpha value is -3.41. The van der Waals surface area contributed by atoms with Crippen LogP contribution < -0.4 is 0 Å². The molecule has 2 saturated heterocycles. The Bertz CT molecular complexity index is 1330. The van der Waals surface area contributed by atoms with Crippen molar-refractivity contribution in [2.45, 2.75) is 51.9 Å². The minimum atomic E-state index is 0.0353. The molecule has 2 fully saturated rings. The van der Waals surface area contributed by atoms with Gasteiger partial charge in [0, 0.05) is 37.5 Å². The Morgan fingerprint density at radius 2 is 1.73 bits per heavy atom. The SMILES string of the molecule is CC1C/C(=C\c2ccco2)c2nc3ccccc3c(C(=O)N3CCC(C(=O)N4CCCCC4)CC3)c2C1. The first kappa shape index (κ1) is 24.0. The zero-order valence-electron chi connectivity index (χ0n) is 21.6. The van der Waals surface area contributed by atoms with Gasteiger partial charge in [-0.15, -0.1) is 0 Å². The molecule has 2 amide bonds. The molecule has 3 aliphatic rings. The minimum absolute atomic E-state index is 0.0353. The van der Waals surface area contributed by atoms with E-state index in [0.717, 1.165) is 90.7 Å². The predicted molar refractivity (Wildman–Crippen MR) is 145 cm³/mol. The number of fused-ring (bicyclic) bond motifs is 2. The summed E-state index contributed by atoms with van der Waals surface area (Å²) < 4.78 is 5.61. The molecule has 0 saturated carbocycles. The number of hydrogen-bond acceptors (Lipinski definition) is 4. The van der Waals surface area contributed by atoms with Crippen LogP contribution in [0.15, 0.2) is 47.1 Å². The number of furan rings is 1. The Kier molecular flexibility index (Phi) is 6.58. The van der Waals surface area contributed by atoms with E-state index in [1.807, 2.05) is 46.2 Å². The number of aromatic nitrogens is 1. The smallest absolute Gasteiger partial charge is 0.254 e. The van der Waals surface area contributed by atoms with Crippen LogP contribution in [-0.2, 0) is 11.2 Å². The highest BCUT2D eigenvalue weighted by Gasteiger charge is 2.34. The van der Waals surface area contributed by atoms with Gasteiger partial charge in [0.25, 0.3) is 5.91 Å². The van der Waals surface area contributed by atoms with Crippen LogP contribution in [-0.4, -0.2) is 52.8 Å². The predicted octanol–water partition coefficient (Wildman–Crippen LogP) is 5.82. The van der Waals surface area contributed by atoms with E-state index in [0.29, 0.717) is 24.9 Å². The lowest BCUT2D eigenvalue weighted by molar-refractivity contribution is -0.137. The van der Waals surface area contributed by atoms with Crippen LogP contribution in [0.5, 0.6) is 0 Å². The van der Waals surface area contributed by atoms with Gasteiger partial charge in [-0.25, -0.2) is 4.98 Å². The molecule has 0 radical (unpaired) electrons. The molecular weight excluding hydrogens is 462 g/mol. The fourth-order valence-corrected chi connectivity index (χ4v) is 6.39. The molecule has 1 aliphatic carbocycles. The summed E-state index contributed by atoms with van der Waals surface area (Å²) >= 11 is 0.